The molecule has 0 fully saturated rings. The van der Waals surface area contributed by atoms with Crippen LogP contribution in [0.4, 0.5) is 0 Å². The molecule has 1 aromatic carbocycles. The van der Waals surface area contributed by atoms with Crippen LogP contribution in [0.3, 0.4) is 0 Å². The second-order valence-corrected chi connectivity index (χ2v) is 4.70. The Balaban J connectivity index is 2.88. The maximum atomic E-state index is 2.42. The quantitative estimate of drug-likeness (QED) is 0.505. The van der Waals surface area contributed by atoms with Gasteiger partial charge in [0.2, 0.25) is 0 Å². The summed E-state index contributed by atoms with van der Waals surface area (Å²) in [6, 6.07) is 4.81. The average molecular weight is 216 g/mol. The van der Waals surface area contributed by atoms with Gasteiger partial charge in [-0.3, -0.25) is 0 Å². The van der Waals surface area contributed by atoms with Crippen molar-refractivity contribution in [1.82, 2.24) is 0 Å². The lowest BCUT2D eigenvalue weighted by Crippen LogP contribution is -2.14. The largest absolute Gasteiger partial charge is 0.154 e. The number of aryl methyl sites for hydroxylation is 2. The molecule has 16 heavy (non-hydrogen) atoms. The second-order valence-electron chi connectivity index (χ2n) is 4.70. The molecule has 0 aromatic heterocycles. The van der Waals surface area contributed by atoms with Crippen molar-refractivity contribution in [2.24, 2.45) is 0 Å². The number of hydrogen-bond donors (Lipinski definition) is 0. The monoisotopic (exact) mass is 216 g/mol. The Labute approximate surface area is 102 Å². The number of benzene rings is 1. The lowest BCUT2D eigenvalue weighted by atomic mass is 9.71. The third kappa shape index (κ3) is 3.40. The number of hydrogen-bond acceptors (Lipinski definition) is 0. The van der Waals surface area contributed by atoms with Gasteiger partial charge in [0.15, 0.2) is 7.28 Å². The Hall–Kier alpha value is -0.715. The molecule has 0 aliphatic rings. The Morgan fingerprint density at radius 2 is 1.75 bits per heavy atom. The molecule has 0 aliphatic carbocycles. The second kappa shape index (κ2) is 6.78. The first-order chi connectivity index (χ1) is 7.72. The number of unbranched alkanes of at least 4 members (excludes halogenated alkanes) is 2. The maximum Gasteiger partial charge on any atom is 0.154 e. The predicted molar refractivity (Wildman–Crippen MR) is 76.4 cm³/mol. The summed E-state index contributed by atoms with van der Waals surface area (Å²) in [4.78, 5) is 0. The van der Waals surface area contributed by atoms with Crippen molar-refractivity contribution < 1.29 is 0 Å². The summed E-state index contributed by atoms with van der Waals surface area (Å²) in [7, 11) is 1.16. The minimum atomic E-state index is 1.16. The summed E-state index contributed by atoms with van der Waals surface area (Å²) in [6.45, 7) is 9.07. The van der Waals surface area contributed by atoms with E-state index in [9.17, 15) is 0 Å². The van der Waals surface area contributed by atoms with Crippen LogP contribution in [-0.2, 0) is 12.8 Å². The van der Waals surface area contributed by atoms with Crippen molar-refractivity contribution in [3.8, 4) is 0 Å². The summed E-state index contributed by atoms with van der Waals surface area (Å²) in [5.74, 6) is 0. The zero-order valence-electron chi connectivity index (χ0n) is 11.4. The van der Waals surface area contributed by atoms with Gasteiger partial charge in [0.25, 0.3) is 0 Å². The van der Waals surface area contributed by atoms with Crippen molar-refractivity contribution in [2.75, 3.05) is 0 Å². The van der Waals surface area contributed by atoms with Crippen molar-refractivity contribution in [3.05, 3.63) is 28.8 Å². The van der Waals surface area contributed by atoms with E-state index in [0.717, 1.165) is 7.28 Å². The molecule has 88 valence electrons. The first-order valence-corrected chi connectivity index (χ1v) is 6.84. The van der Waals surface area contributed by atoms with E-state index in [1.165, 1.54) is 43.1 Å². The van der Waals surface area contributed by atoms with Crippen LogP contribution in [0.1, 0.15) is 49.8 Å². The van der Waals surface area contributed by atoms with Gasteiger partial charge in [-0.2, -0.15) is 0 Å². The molecule has 1 rings (SSSR count). The zero-order valence-corrected chi connectivity index (χ0v) is 11.4. The lowest BCUT2D eigenvalue weighted by molar-refractivity contribution is 0.715. The third-order valence-electron chi connectivity index (χ3n) is 3.52. The van der Waals surface area contributed by atoms with Gasteiger partial charge >= 0.3 is 0 Å². The lowest BCUT2D eigenvalue weighted by Gasteiger charge is -2.13. The van der Waals surface area contributed by atoms with Crippen molar-refractivity contribution in [1.29, 1.82) is 0 Å². The Bertz CT molecular complexity index is 328. The van der Waals surface area contributed by atoms with E-state index in [0.29, 0.717) is 0 Å². The summed E-state index contributed by atoms with van der Waals surface area (Å²) in [6.07, 6.45) is 6.44. The highest BCUT2D eigenvalue weighted by atomic mass is 14.1. The van der Waals surface area contributed by atoms with Gasteiger partial charge in [0.1, 0.15) is 0 Å². The highest BCUT2D eigenvalue weighted by Crippen LogP contribution is 2.16. The standard InChI is InChI=1S/C15H25B/c1-5-7-8-9-14-11-15(16-4)10-13(6-2)12(14)3/h10-11,16H,5-9H2,1-4H3. The van der Waals surface area contributed by atoms with Crippen LogP contribution in [0.2, 0.25) is 6.82 Å². The zero-order chi connectivity index (χ0) is 12.0. The van der Waals surface area contributed by atoms with Gasteiger partial charge in [-0.25, -0.2) is 0 Å². The minimum Gasteiger partial charge on any atom is -0.0849 e. The van der Waals surface area contributed by atoms with E-state index in [1.807, 2.05) is 0 Å². The topological polar surface area (TPSA) is 0 Å². The van der Waals surface area contributed by atoms with Crippen LogP contribution in [0.15, 0.2) is 12.1 Å². The van der Waals surface area contributed by atoms with Gasteiger partial charge in [0, 0.05) is 0 Å². The van der Waals surface area contributed by atoms with Crippen LogP contribution >= 0.6 is 0 Å². The fraction of sp³-hybridized carbons (Fsp3) is 0.600. The van der Waals surface area contributed by atoms with Crippen LogP contribution in [0.25, 0.3) is 0 Å². The van der Waals surface area contributed by atoms with E-state index < -0.39 is 0 Å². The van der Waals surface area contributed by atoms with E-state index >= 15 is 0 Å². The highest BCUT2D eigenvalue weighted by Gasteiger charge is 2.05. The maximum absolute atomic E-state index is 2.42. The van der Waals surface area contributed by atoms with Crippen LogP contribution in [0.5, 0.6) is 0 Å². The van der Waals surface area contributed by atoms with Gasteiger partial charge in [-0.05, 0) is 42.9 Å². The minimum absolute atomic E-state index is 1.16. The average Bonchev–Trinajstić information content (AvgIpc) is 2.31. The van der Waals surface area contributed by atoms with Gasteiger partial charge in [-0.15, -0.1) is 0 Å². The number of rotatable bonds is 6. The summed E-state index contributed by atoms with van der Waals surface area (Å²) < 4.78 is 0. The molecule has 0 N–H and O–H groups in total. The summed E-state index contributed by atoms with van der Waals surface area (Å²) >= 11 is 0. The molecule has 0 aliphatic heterocycles. The molecule has 0 unspecified atom stereocenters. The fourth-order valence-corrected chi connectivity index (χ4v) is 2.31. The SMILES string of the molecule is CBc1cc(CC)c(C)c(CCCCC)c1. The molecule has 1 heteroatoms. The molecule has 0 bridgehead atoms. The molecule has 0 amide bonds. The van der Waals surface area contributed by atoms with E-state index in [1.54, 1.807) is 11.1 Å². The molecule has 0 saturated heterocycles. The first kappa shape index (κ1) is 13.4. The molecule has 0 saturated carbocycles. The van der Waals surface area contributed by atoms with Crippen molar-refractivity contribution in [2.45, 2.75) is 59.7 Å². The molecule has 0 heterocycles. The van der Waals surface area contributed by atoms with E-state index in [4.69, 9.17) is 0 Å². The summed E-state index contributed by atoms with van der Waals surface area (Å²) in [5.41, 5.74) is 6.18. The molecule has 0 spiro atoms. The van der Waals surface area contributed by atoms with Crippen molar-refractivity contribution in [3.63, 3.8) is 0 Å². The predicted octanol–water partition coefficient (Wildman–Crippen LogP) is 3.40. The molecule has 0 radical (unpaired) electrons. The van der Waals surface area contributed by atoms with Gasteiger partial charge in [-0.1, -0.05) is 51.1 Å². The fourth-order valence-electron chi connectivity index (χ4n) is 2.31. The highest BCUT2D eigenvalue weighted by molar-refractivity contribution is 6.52. The molecular weight excluding hydrogens is 191 g/mol. The van der Waals surface area contributed by atoms with Crippen LogP contribution in [-0.4, -0.2) is 7.28 Å². The van der Waals surface area contributed by atoms with Crippen LogP contribution < -0.4 is 5.46 Å². The Morgan fingerprint density at radius 1 is 1.06 bits per heavy atom. The van der Waals surface area contributed by atoms with Crippen molar-refractivity contribution >= 4 is 12.7 Å². The van der Waals surface area contributed by atoms with E-state index in [-0.39, 0.29) is 0 Å². The molecule has 0 atom stereocenters. The molecule has 0 nitrogen and oxygen atoms in total. The Kier molecular flexibility index (Phi) is 5.66. The Morgan fingerprint density at radius 3 is 2.31 bits per heavy atom. The molecular formula is C15H25B. The van der Waals surface area contributed by atoms with Crippen LogP contribution in [0, 0.1) is 6.92 Å². The molecule has 1 aromatic rings. The van der Waals surface area contributed by atoms with Gasteiger partial charge < -0.3 is 0 Å². The summed E-state index contributed by atoms with van der Waals surface area (Å²) in [5, 5.41) is 0. The van der Waals surface area contributed by atoms with E-state index in [2.05, 4.69) is 39.7 Å². The normalized spacial score (nSPS) is 10.5. The first-order valence-electron chi connectivity index (χ1n) is 6.84. The third-order valence-corrected chi connectivity index (χ3v) is 3.52. The van der Waals surface area contributed by atoms with Gasteiger partial charge in [0.05, 0.1) is 0 Å². The smallest absolute Gasteiger partial charge is 0.0849 e.